The molecule has 3 aromatic rings. The highest BCUT2D eigenvalue weighted by molar-refractivity contribution is 5.50. The van der Waals surface area contributed by atoms with E-state index in [9.17, 15) is 0 Å². The van der Waals surface area contributed by atoms with Crippen LogP contribution in [-0.4, -0.2) is 32.5 Å². The monoisotopic (exact) mass is 335 g/mol. The van der Waals surface area contributed by atoms with Crippen LogP contribution in [0.2, 0.25) is 0 Å². The molecule has 0 aliphatic carbocycles. The molecule has 6 heteroatoms. The van der Waals surface area contributed by atoms with Gasteiger partial charge in [-0.05, 0) is 23.6 Å². The molecule has 0 fully saturated rings. The molecule has 5 rings (SSSR count). The Morgan fingerprint density at radius 1 is 1.28 bits per heavy atom. The zero-order valence-electron chi connectivity index (χ0n) is 14.1. The zero-order valence-corrected chi connectivity index (χ0v) is 14.1. The number of aromatic nitrogens is 4. The molecule has 1 N–H and O–H groups in total. The van der Waals surface area contributed by atoms with Crippen LogP contribution in [0.1, 0.15) is 22.9 Å². The summed E-state index contributed by atoms with van der Waals surface area (Å²) in [6.45, 7) is 4.28. The molecule has 25 heavy (non-hydrogen) atoms. The Hall–Kier alpha value is -2.44. The van der Waals surface area contributed by atoms with Crippen molar-refractivity contribution in [1.29, 1.82) is 0 Å². The SMILES string of the molecule is c1ccc2c(c1)CCO[C@@H]2Cn1ccnc1-c1cc2n(n1)CCNC2. The average molecular weight is 335 g/mol. The van der Waals surface area contributed by atoms with Gasteiger partial charge in [-0.25, -0.2) is 4.98 Å². The molecule has 1 aromatic carbocycles. The lowest BCUT2D eigenvalue weighted by Gasteiger charge is -2.26. The second kappa shape index (κ2) is 6.13. The highest BCUT2D eigenvalue weighted by Gasteiger charge is 2.23. The van der Waals surface area contributed by atoms with Crippen LogP contribution in [0, 0.1) is 0 Å². The predicted molar refractivity (Wildman–Crippen MR) is 94.0 cm³/mol. The second-order valence-corrected chi connectivity index (χ2v) is 6.63. The van der Waals surface area contributed by atoms with Gasteiger partial charge in [-0.1, -0.05) is 24.3 Å². The van der Waals surface area contributed by atoms with Crippen LogP contribution in [0.4, 0.5) is 0 Å². The smallest absolute Gasteiger partial charge is 0.160 e. The van der Waals surface area contributed by atoms with E-state index < -0.39 is 0 Å². The molecule has 0 saturated carbocycles. The molecule has 2 aliphatic heterocycles. The molecule has 0 amide bonds. The predicted octanol–water partition coefficient (Wildman–Crippen LogP) is 2.16. The minimum Gasteiger partial charge on any atom is -0.371 e. The third kappa shape index (κ3) is 2.67. The summed E-state index contributed by atoms with van der Waals surface area (Å²) >= 11 is 0. The Kier molecular flexibility index (Phi) is 3.64. The van der Waals surface area contributed by atoms with Crippen LogP contribution in [0.5, 0.6) is 0 Å². The van der Waals surface area contributed by atoms with Gasteiger partial charge < -0.3 is 14.6 Å². The highest BCUT2D eigenvalue weighted by Crippen LogP contribution is 2.29. The summed E-state index contributed by atoms with van der Waals surface area (Å²) in [5, 5.41) is 8.13. The average Bonchev–Trinajstić information content (AvgIpc) is 3.28. The van der Waals surface area contributed by atoms with E-state index in [1.165, 1.54) is 16.8 Å². The van der Waals surface area contributed by atoms with E-state index in [1.54, 1.807) is 0 Å². The summed E-state index contributed by atoms with van der Waals surface area (Å²) in [5.41, 5.74) is 4.84. The van der Waals surface area contributed by atoms with Crippen molar-refractivity contribution in [3.05, 3.63) is 59.5 Å². The first kappa shape index (κ1) is 14.9. The first-order valence-corrected chi connectivity index (χ1v) is 8.87. The topological polar surface area (TPSA) is 56.9 Å². The summed E-state index contributed by atoms with van der Waals surface area (Å²) in [6, 6.07) is 10.7. The number of fused-ring (bicyclic) bond motifs is 2. The van der Waals surface area contributed by atoms with E-state index in [0.29, 0.717) is 0 Å². The maximum atomic E-state index is 6.07. The lowest BCUT2D eigenvalue weighted by molar-refractivity contribution is 0.0309. The van der Waals surface area contributed by atoms with Crippen molar-refractivity contribution < 1.29 is 4.74 Å². The van der Waals surface area contributed by atoms with Crippen molar-refractivity contribution in [1.82, 2.24) is 24.6 Å². The van der Waals surface area contributed by atoms with Crippen LogP contribution in [0.25, 0.3) is 11.5 Å². The lowest BCUT2D eigenvalue weighted by atomic mass is 9.97. The molecule has 0 unspecified atom stereocenters. The molecule has 0 radical (unpaired) electrons. The minimum absolute atomic E-state index is 0.0665. The molecule has 0 spiro atoms. The maximum Gasteiger partial charge on any atom is 0.160 e. The third-order valence-corrected chi connectivity index (χ3v) is 5.07. The van der Waals surface area contributed by atoms with E-state index in [0.717, 1.165) is 50.7 Å². The molecule has 2 aromatic heterocycles. The number of nitrogens with zero attached hydrogens (tertiary/aromatic N) is 4. The normalized spacial score (nSPS) is 19.4. The van der Waals surface area contributed by atoms with Crippen LogP contribution >= 0.6 is 0 Å². The van der Waals surface area contributed by atoms with Crippen molar-refractivity contribution in [2.24, 2.45) is 0 Å². The van der Waals surface area contributed by atoms with Gasteiger partial charge in [0.15, 0.2) is 5.82 Å². The quantitative estimate of drug-likeness (QED) is 0.797. The van der Waals surface area contributed by atoms with Crippen LogP contribution in [0.15, 0.2) is 42.7 Å². The molecular weight excluding hydrogens is 314 g/mol. The van der Waals surface area contributed by atoms with Gasteiger partial charge in [0, 0.05) is 25.5 Å². The van der Waals surface area contributed by atoms with E-state index >= 15 is 0 Å². The van der Waals surface area contributed by atoms with E-state index in [-0.39, 0.29) is 6.10 Å². The van der Waals surface area contributed by atoms with Crippen molar-refractivity contribution in [3.63, 3.8) is 0 Å². The first-order chi connectivity index (χ1) is 12.4. The van der Waals surface area contributed by atoms with Gasteiger partial charge in [-0.3, -0.25) is 4.68 Å². The zero-order chi connectivity index (χ0) is 16.6. The number of hydrogen-bond donors (Lipinski definition) is 1. The second-order valence-electron chi connectivity index (χ2n) is 6.63. The van der Waals surface area contributed by atoms with Gasteiger partial charge in [0.25, 0.3) is 0 Å². The Labute approximate surface area is 146 Å². The molecule has 4 heterocycles. The largest absolute Gasteiger partial charge is 0.371 e. The molecule has 128 valence electrons. The minimum atomic E-state index is 0.0665. The van der Waals surface area contributed by atoms with Crippen LogP contribution < -0.4 is 5.32 Å². The fourth-order valence-corrected chi connectivity index (χ4v) is 3.80. The van der Waals surface area contributed by atoms with E-state index in [1.807, 2.05) is 12.4 Å². The Morgan fingerprint density at radius 2 is 2.24 bits per heavy atom. The fourth-order valence-electron chi connectivity index (χ4n) is 3.80. The fraction of sp³-hybridized carbons (Fsp3) is 0.368. The van der Waals surface area contributed by atoms with Gasteiger partial charge in [0.05, 0.1) is 25.4 Å². The van der Waals surface area contributed by atoms with Gasteiger partial charge >= 0.3 is 0 Å². The van der Waals surface area contributed by atoms with Crippen LogP contribution in [-0.2, 0) is 30.8 Å². The van der Waals surface area contributed by atoms with Gasteiger partial charge in [-0.15, -0.1) is 0 Å². The number of imidazole rings is 1. The van der Waals surface area contributed by atoms with Crippen molar-refractivity contribution in [2.75, 3.05) is 13.2 Å². The van der Waals surface area contributed by atoms with Crippen LogP contribution in [0.3, 0.4) is 0 Å². The van der Waals surface area contributed by atoms with Gasteiger partial charge in [0.2, 0.25) is 0 Å². The van der Waals surface area contributed by atoms with E-state index in [4.69, 9.17) is 9.84 Å². The summed E-state index contributed by atoms with van der Waals surface area (Å²) in [5.74, 6) is 0.911. The van der Waals surface area contributed by atoms with Crippen molar-refractivity contribution in [2.45, 2.75) is 32.2 Å². The Balaban J connectivity index is 1.45. The third-order valence-electron chi connectivity index (χ3n) is 5.07. The number of ether oxygens (including phenoxy) is 1. The molecule has 2 aliphatic rings. The first-order valence-electron chi connectivity index (χ1n) is 8.87. The summed E-state index contributed by atoms with van der Waals surface area (Å²) in [4.78, 5) is 4.56. The molecular formula is C19H21N5O. The maximum absolute atomic E-state index is 6.07. The van der Waals surface area contributed by atoms with Gasteiger partial charge in [0.1, 0.15) is 11.8 Å². The summed E-state index contributed by atoms with van der Waals surface area (Å²) < 4.78 is 10.3. The number of rotatable bonds is 3. The summed E-state index contributed by atoms with van der Waals surface area (Å²) in [6.07, 6.45) is 4.92. The van der Waals surface area contributed by atoms with Crippen molar-refractivity contribution >= 4 is 0 Å². The Bertz CT molecular complexity index is 873. The van der Waals surface area contributed by atoms with Crippen molar-refractivity contribution in [3.8, 4) is 11.5 Å². The standard InChI is InChI=1S/C19H21N5O/c1-2-4-16-14(3-1)5-10-25-18(16)13-23-8-7-21-19(23)17-11-15-12-20-6-9-24(15)22-17/h1-4,7-8,11,18,20H,5-6,9-10,12-13H2/t18-/m1/s1. The molecule has 1 atom stereocenters. The highest BCUT2D eigenvalue weighted by atomic mass is 16.5. The Morgan fingerprint density at radius 3 is 3.20 bits per heavy atom. The summed E-state index contributed by atoms with van der Waals surface area (Å²) in [7, 11) is 0. The molecule has 6 nitrogen and oxygen atoms in total. The lowest BCUT2D eigenvalue weighted by Crippen LogP contribution is -2.28. The molecule has 0 bridgehead atoms. The number of nitrogens with one attached hydrogen (secondary N) is 1. The van der Waals surface area contributed by atoms with Gasteiger partial charge in [-0.2, -0.15) is 5.10 Å². The van der Waals surface area contributed by atoms with E-state index in [2.05, 4.69) is 49.9 Å². The number of hydrogen-bond acceptors (Lipinski definition) is 4. The molecule has 0 saturated heterocycles. The number of benzene rings is 1.